The van der Waals surface area contributed by atoms with E-state index in [1.165, 1.54) is 11.0 Å². The molecule has 0 saturated heterocycles. The molecule has 0 aliphatic carbocycles. The van der Waals surface area contributed by atoms with Crippen molar-refractivity contribution >= 4 is 39.5 Å². The van der Waals surface area contributed by atoms with Gasteiger partial charge in [0.25, 0.3) is 0 Å². The zero-order valence-corrected chi connectivity index (χ0v) is 16.1. The summed E-state index contributed by atoms with van der Waals surface area (Å²) in [6.07, 6.45) is 3.20. The molecule has 0 aromatic heterocycles. The van der Waals surface area contributed by atoms with Crippen LogP contribution >= 0.6 is 15.9 Å². The Balaban J connectivity index is 1.91. The van der Waals surface area contributed by atoms with Crippen molar-refractivity contribution in [3.8, 4) is 0 Å². The Kier molecular flexibility index (Phi) is 6.53. The normalized spacial score (nSPS) is 10.7. The van der Waals surface area contributed by atoms with E-state index < -0.39 is 0 Å². The van der Waals surface area contributed by atoms with E-state index in [-0.39, 0.29) is 18.4 Å². The minimum Gasteiger partial charge on any atom is -0.333 e. The maximum atomic E-state index is 12.2. The van der Waals surface area contributed by atoms with Gasteiger partial charge in [0.05, 0.1) is 6.54 Å². The molecule has 0 spiro atoms. The first kappa shape index (κ1) is 18.9. The Labute approximate surface area is 156 Å². The number of halogens is 1. The fourth-order valence-electron chi connectivity index (χ4n) is 2.19. The number of aryl methyl sites for hydroxylation is 2. The topological polar surface area (TPSA) is 49.4 Å². The summed E-state index contributed by atoms with van der Waals surface area (Å²) < 4.78 is 0.927. The van der Waals surface area contributed by atoms with Crippen molar-refractivity contribution in [1.82, 2.24) is 4.90 Å². The first-order valence-corrected chi connectivity index (χ1v) is 8.70. The summed E-state index contributed by atoms with van der Waals surface area (Å²) in [4.78, 5) is 25.6. The van der Waals surface area contributed by atoms with Gasteiger partial charge in [0.1, 0.15) is 0 Å². The Morgan fingerprint density at radius 3 is 2.36 bits per heavy atom. The largest absolute Gasteiger partial charge is 0.333 e. The van der Waals surface area contributed by atoms with Crippen LogP contribution < -0.4 is 5.32 Å². The highest BCUT2D eigenvalue weighted by Gasteiger charge is 2.11. The molecule has 2 aromatic rings. The van der Waals surface area contributed by atoms with Crippen LogP contribution in [0.25, 0.3) is 6.08 Å². The molecule has 2 amide bonds. The molecular weight excluding hydrogens is 380 g/mol. The summed E-state index contributed by atoms with van der Waals surface area (Å²) in [5.41, 5.74) is 3.89. The van der Waals surface area contributed by atoms with E-state index in [9.17, 15) is 9.59 Å². The molecule has 2 aromatic carbocycles. The number of hydrogen-bond acceptors (Lipinski definition) is 2. The Morgan fingerprint density at radius 1 is 1.08 bits per heavy atom. The van der Waals surface area contributed by atoms with Crippen molar-refractivity contribution in [2.45, 2.75) is 13.8 Å². The second-order valence-corrected chi connectivity index (χ2v) is 6.82. The predicted molar refractivity (Wildman–Crippen MR) is 105 cm³/mol. The maximum absolute atomic E-state index is 12.2. The molecule has 4 nitrogen and oxygen atoms in total. The molecule has 0 radical (unpaired) electrons. The van der Waals surface area contributed by atoms with E-state index in [1.807, 2.05) is 56.3 Å². The van der Waals surface area contributed by atoms with Crippen molar-refractivity contribution in [3.05, 3.63) is 69.7 Å². The van der Waals surface area contributed by atoms with Crippen LogP contribution in [0.4, 0.5) is 5.69 Å². The summed E-state index contributed by atoms with van der Waals surface area (Å²) in [7, 11) is 1.60. The molecule has 1 N–H and O–H groups in total. The first-order chi connectivity index (χ1) is 11.8. The molecule has 130 valence electrons. The third kappa shape index (κ3) is 5.87. The Morgan fingerprint density at radius 2 is 1.72 bits per heavy atom. The van der Waals surface area contributed by atoms with E-state index in [4.69, 9.17) is 0 Å². The average Bonchev–Trinajstić information content (AvgIpc) is 2.55. The number of carbonyl (C=O) groups is 2. The van der Waals surface area contributed by atoms with E-state index in [0.29, 0.717) is 0 Å². The molecule has 2 rings (SSSR count). The number of anilines is 1. The zero-order chi connectivity index (χ0) is 18.4. The number of likely N-dealkylation sites (N-methyl/N-ethyl adjacent to an activating group) is 1. The molecular formula is C20H21BrN2O2. The van der Waals surface area contributed by atoms with Crippen LogP contribution in [0.3, 0.4) is 0 Å². The minimum atomic E-state index is -0.232. The second kappa shape index (κ2) is 8.62. The smallest absolute Gasteiger partial charge is 0.246 e. The summed E-state index contributed by atoms with van der Waals surface area (Å²) in [5.74, 6) is -0.462. The van der Waals surface area contributed by atoms with Crippen LogP contribution in [0, 0.1) is 13.8 Å². The third-order valence-electron chi connectivity index (χ3n) is 3.65. The fraction of sp³-hybridized carbons (Fsp3) is 0.200. The highest BCUT2D eigenvalue weighted by Crippen LogP contribution is 2.19. The van der Waals surface area contributed by atoms with Gasteiger partial charge in [-0.05, 0) is 49.2 Å². The van der Waals surface area contributed by atoms with Crippen molar-refractivity contribution in [2.24, 2.45) is 0 Å². The molecule has 0 heterocycles. The highest BCUT2D eigenvalue weighted by atomic mass is 79.9. The Hall–Kier alpha value is -2.40. The third-order valence-corrected chi connectivity index (χ3v) is 4.34. The number of carbonyl (C=O) groups excluding carboxylic acids is 2. The van der Waals surface area contributed by atoms with Gasteiger partial charge in [-0.25, -0.2) is 0 Å². The van der Waals surface area contributed by atoms with E-state index in [0.717, 1.165) is 26.9 Å². The van der Waals surface area contributed by atoms with Crippen molar-refractivity contribution in [1.29, 1.82) is 0 Å². The highest BCUT2D eigenvalue weighted by molar-refractivity contribution is 9.10. The van der Waals surface area contributed by atoms with Gasteiger partial charge in [-0.1, -0.05) is 45.8 Å². The van der Waals surface area contributed by atoms with E-state index in [2.05, 4.69) is 21.2 Å². The molecule has 0 unspecified atom stereocenters. The lowest BCUT2D eigenvalue weighted by molar-refractivity contribution is -0.129. The molecule has 25 heavy (non-hydrogen) atoms. The summed E-state index contributed by atoms with van der Waals surface area (Å²) in [5, 5.41) is 2.78. The number of hydrogen-bond donors (Lipinski definition) is 1. The van der Waals surface area contributed by atoms with Gasteiger partial charge in [0.2, 0.25) is 11.8 Å². The first-order valence-electron chi connectivity index (χ1n) is 7.91. The predicted octanol–water partition coefficient (Wildman–Crippen LogP) is 4.18. The van der Waals surface area contributed by atoms with Crippen LogP contribution in [-0.2, 0) is 9.59 Å². The Bertz CT molecular complexity index is 798. The van der Waals surface area contributed by atoms with Crippen LogP contribution in [0.2, 0.25) is 0 Å². The standard InChI is InChI=1S/C20H21BrN2O2/c1-14-5-9-17(10-6-14)22-19(24)13-23(3)20(25)11-8-16-7-4-15(2)12-18(16)21/h4-12H,13H2,1-3H3,(H,22,24)/b11-8+. The van der Waals surface area contributed by atoms with Gasteiger partial charge in [-0.3, -0.25) is 9.59 Å². The van der Waals surface area contributed by atoms with Gasteiger partial charge in [0.15, 0.2) is 0 Å². The van der Waals surface area contributed by atoms with Crippen molar-refractivity contribution < 1.29 is 9.59 Å². The lowest BCUT2D eigenvalue weighted by Gasteiger charge is -2.15. The molecule has 0 fully saturated rings. The van der Waals surface area contributed by atoms with E-state index in [1.54, 1.807) is 13.1 Å². The lowest BCUT2D eigenvalue weighted by Crippen LogP contribution is -2.33. The molecule has 0 aliphatic heterocycles. The quantitative estimate of drug-likeness (QED) is 0.765. The SMILES string of the molecule is Cc1ccc(NC(=O)CN(C)C(=O)/C=C/c2ccc(C)cc2Br)cc1. The van der Waals surface area contributed by atoms with Crippen molar-refractivity contribution in [3.63, 3.8) is 0 Å². The molecule has 0 atom stereocenters. The summed E-state index contributed by atoms with van der Waals surface area (Å²) in [6.45, 7) is 3.98. The van der Waals surface area contributed by atoms with Crippen LogP contribution in [0.5, 0.6) is 0 Å². The monoisotopic (exact) mass is 400 g/mol. The van der Waals surface area contributed by atoms with Crippen LogP contribution in [0.1, 0.15) is 16.7 Å². The number of benzene rings is 2. The number of amides is 2. The summed E-state index contributed by atoms with van der Waals surface area (Å²) >= 11 is 3.48. The minimum absolute atomic E-state index is 0.00782. The van der Waals surface area contributed by atoms with Crippen LogP contribution in [-0.4, -0.2) is 30.3 Å². The molecule has 0 bridgehead atoms. The maximum Gasteiger partial charge on any atom is 0.246 e. The number of rotatable bonds is 5. The second-order valence-electron chi connectivity index (χ2n) is 5.97. The fourth-order valence-corrected chi connectivity index (χ4v) is 2.81. The number of nitrogens with zero attached hydrogens (tertiary/aromatic N) is 1. The van der Waals surface area contributed by atoms with Gasteiger partial charge < -0.3 is 10.2 Å². The van der Waals surface area contributed by atoms with Gasteiger partial charge in [-0.2, -0.15) is 0 Å². The molecule has 5 heteroatoms. The summed E-state index contributed by atoms with van der Waals surface area (Å²) in [6, 6.07) is 13.4. The van der Waals surface area contributed by atoms with Gasteiger partial charge in [0, 0.05) is 23.3 Å². The van der Waals surface area contributed by atoms with Crippen molar-refractivity contribution in [2.75, 3.05) is 18.9 Å². The lowest BCUT2D eigenvalue weighted by atomic mass is 10.1. The average molecular weight is 401 g/mol. The number of nitrogens with one attached hydrogen (secondary N) is 1. The molecule has 0 aliphatic rings. The van der Waals surface area contributed by atoms with Gasteiger partial charge in [-0.15, -0.1) is 0 Å². The van der Waals surface area contributed by atoms with Crippen LogP contribution in [0.15, 0.2) is 53.0 Å². The zero-order valence-electron chi connectivity index (χ0n) is 14.5. The molecule has 0 saturated carbocycles. The van der Waals surface area contributed by atoms with Gasteiger partial charge >= 0.3 is 0 Å². The van der Waals surface area contributed by atoms with E-state index >= 15 is 0 Å².